The second-order valence-electron chi connectivity index (χ2n) is 7.23. The van der Waals surface area contributed by atoms with Gasteiger partial charge in [-0.05, 0) is 54.8 Å². The van der Waals surface area contributed by atoms with E-state index in [1.165, 1.54) is 0 Å². The molecule has 1 saturated heterocycles. The van der Waals surface area contributed by atoms with Crippen LogP contribution < -0.4 is 15.0 Å². The topological polar surface area (TPSA) is 70.2 Å². The van der Waals surface area contributed by atoms with Crippen molar-refractivity contribution in [2.75, 3.05) is 25.1 Å². The van der Waals surface area contributed by atoms with Crippen LogP contribution in [0.4, 0.5) is 5.82 Å². The highest BCUT2D eigenvalue weighted by Crippen LogP contribution is 2.26. The molecular weight excluding hydrogens is 388 g/mol. The summed E-state index contributed by atoms with van der Waals surface area (Å²) in [7, 11) is 1.62. The van der Waals surface area contributed by atoms with E-state index in [4.69, 9.17) is 16.3 Å². The number of anilines is 1. The maximum absolute atomic E-state index is 12.7. The van der Waals surface area contributed by atoms with Crippen molar-refractivity contribution in [3.8, 4) is 17.0 Å². The molecular formula is C22H23ClN4O2. The Balaban J connectivity index is 1.39. The summed E-state index contributed by atoms with van der Waals surface area (Å²) in [5.41, 5.74) is 3.55. The van der Waals surface area contributed by atoms with Gasteiger partial charge in [-0.1, -0.05) is 23.7 Å². The van der Waals surface area contributed by atoms with E-state index in [-0.39, 0.29) is 11.9 Å². The predicted molar refractivity (Wildman–Crippen MR) is 115 cm³/mol. The molecule has 1 amide bonds. The van der Waals surface area contributed by atoms with E-state index in [0.717, 1.165) is 47.9 Å². The first-order valence-electron chi connectivity index (χ1n) is 9.55. The lowest BCUT2D eigenvalue weighted by atomic mass is 10.1. The number of aryl methyl sites for hydroxylation is 1. The van der Waals surface area contributed by atoms with E-state index in [1.807, 2.05) is 55.5 Å². The Kier molecular flexibility index (Phi) is 5.45. The SMILES string of the molecule is COc1ccc(C(=O)NC2CCN(c3cc(-c4ccc(Cl)cc4)[nH]n3)C2)c(C)c1. The first-order chi connectivity index (χ1) is 14.0. The zero-order chi connectivity index (χ0) is 20.4. The summed E-state index contributed by atoms with van der Waals surface area (Å²) in [6.45, 7) is 3.49. The number of hydrogen-bond acceptors (Lipinski definition) is 4. The molecule has 4 rings (SSSR count). The summed E-state index contributed by atoms with van der Waals surface area (Å²) in [5, 5.41) is 11.4. The minimum absolute atomic E-state index is 0.0547. The normalized spacial score (nSPS) is 16.1. The number of hydrogen-bond donors (Lipinski definition) is 2. The van der Waals surface area contributed by atoms with E-state index in [2.05, 4.69) is 20.4 Å². The van der Waals surface area contributed by atoms with Crippen molar-refractivity contribution in [2.45, 2.75) is 19.4 Å². The van der Waals surface area contributed by atoms with Gasteiger partial charge < -0.3 is 15.0 Å². The number of H-pyrrole nitrogens is 1. The highest BCUT2D eigenvalue weighted by molar-refractivity contribution is 6.30. The summed E-state index contributed by atoms with van der Waals surface area (Å²) in [6, 6.07) is 15.2. The van der Waals surface area contributed by atoms with Crippen molar-refractivity contribution in [2.24, 2.45) is 0 Å². The van der Waals surface area contributed by atoms with Crippen molar-refractivity contribution in [1.82, 2.24) is 15.5 Å². The number of carbonyl (C=O) groups is 1. The molecule has 1 aliphatic rings. The number of ether oxygens (including phenoxy) is 1. The lowest BCUT2D eigenvalue weighted by molar-refractivity contribution is 0.0939. The monoisotopic (exact) mass is 410 g/mol. The molecule has 150 valence electrons. The molecule has 0 saturated carbocycles. The number of nitrogens with one attached hydrogen (secondary N) is 2. The molecule has 0 bridgehead atoms. The Morgan fingerprint density at radius 3 is 2.76 bits per heavy atom. The van der Waals surface area contributed by atoms with Crippen LogP contribution in [0, 0.1) is 6.92 Å². The van der Waals surface area contributed by atoms with Crippen LogP contribution in [0.1, 0.15) is 22.3 Å². The van der Waals surface area contributed by atoms with E-state index < -0.39 is 0 Å². The summed E-state index contributed by atoms with van der Waals surface area (Å²) < 4.78 is 5.21. The lowest BCUT2D eigenvalue weighted by Crippen LogP contribution is -2.37. The van der Waals surface area contributed by atoms with Gasteiger partial charge in [-0.15, -0.1) is 0 Å². The maximum atomic E-state index is 12.7. The van der Waals surface area contributed by atoms with Gasteiger partial charge in [-0.25, -0.2) is 0 Å². The molecule has 7 heteroatoms. The number of nitrogens with zero attached hydrogens (tertiary/aromatic N) is 2. The number of methoxy groups -OCH3 is 1. The first-order valence-corrected chi connectivity index (χ1v) is 9.93. The highest BCUT2D eigenvalue weighted by Gasteiger charge is 2.26. The fourth-order valence-electron chi connectivity index (χ4n) is 3.62. The molecule has 0 radical (unpaired) electrons. The fourth-order valence-corrected chi connectivity index (χ4v) is 3.74. The summed E-state index contributed by atoms with van der Waals surface area (Å²) >= 11 is 5.96. The quantitative estimate of drug-likeness (QED) is 0.665. The van der Waals surface area contributed by atoms with Crippen molar-refractivity contribution in [3.05, 3.63) is 64.7 Å². The zero-order valence-corrected chi connectivity index (χ0v) is 17.2. The Bertz CT molecular complexity index is 1020. The second kappa shape index (κ2) is 8.17. The van der Waals surface area contributed by atoms with Gasteiger partial charge in [0.25, 0.3) is 5.91 Å². The van der Waals surface area contributed by atoms with E-state index in [1.54, 1.807) is 7.11 Å². The number of halogens is 1. The van der Waals surface area contributed by atoms with Crippen LogP contribution in [-0.4, -0.2) is 42.3 Å². The average molecular weight is 411 g/mol. The van der Waals surface area contributed by atoms with Gasteiger partial charge in [0.2, 0.25) is 0 Å². The standard InChI is InChI=1S/C22H23ClN4O2/c1-14-11-18(29-2)7-8-19(14)22(28)24-17-9-10-27(13-17)21-12-20(25-26-21)15-3-5-16(23)6-4-15/h3-8,11-12,17H,9-10,13H2,1-2H3,(H,24,28)(H,25,26). The number of amides is 1. The third-order valence-corrected chi connectivity index (χ3v) is 5.50. The predicted octanol–water partition coefficient (Wildman–Crippen LogP) is 4.06. The van der Waals surface area contributed by atoms with Gasteiger partial charge in [0.15, 0.2) is 5.82 Å². The molecule has 1 aromatic heterocycles. The Morgan fingerprint density at radius 2 is 2.03 bits per heavy atom. The minimum atomic E-state index is -0.0547. The van der Waals surface area contributed by atoms with Crippen LogP contribution in [0.2, 0.25) is 5.02 Å². The van der Waals surface area contributed by atoms with Crippen LogP contribution in [-0.2, 0) is 0 Å². The largest absolute Gasteiger partial charge is 0.497 e. The third-order valence-electron chi connectivity index (χ3n) is 5.25. The molecule has 1 aliphatic heterocycles. The zero-order valence-electron chi connectivity index (χ0n) is 16.4. The van der Waals surface area contributed by atoms with Crippen LogP contribution in [0.15, 0.2) is 48.5 Å². The average Bonchev–Trinajstić information content (AvgIpc) is 3.38. The molecule has 0 spiro atoms. The Labute approximate surface area is 174 Å². The van der Waals surface area contributed by atoms with Gasteiger partial charge in [0.05, 0.1) is 12.8 Å². The molecule has 0 aliphatic carbocycles. The van der Waals surface area contributed by atoms with Crippen LogP contribution in [0.25, 0.3) is 11.3 Å². The number of carbonyl (C=O) groups excluding carboxylic acids is 1. The molecule has 1 fully saturated rings. The lowest BCUT2D eigenvalue weighted by Gasteiger charge is -2.16. The van der Waals surface area contributed by atoms with Gasteiger partial charge in [0, 0.05) is 35.8 Å². The summed E-state index contributed by atoms with van der Waals surface area (Å²) in [6.07, 6.45) is 0.879. The van der Waals surface area contributed by atoms with Crippen LogP contribution in [0.5, 0.6) is 5.75 Å². The van der Waals surface area contributed by atoms with Crippen LogP contribution in [0.3, 0.4) is 0 Å². The van der Waals surface area contributed by atoms with Crippen molar-refractivity contribution >= 4 is 23.3 Å². The van der Waals surface area contributed by atoms with Gasteiger partial charge in [-0.2, -0.15) is 5.10 Å². The third kappa shape index (κ3) is 4.22. The molecule has 2 aromatic carbocycles. The molecule has 29 heavy (non-hydrogen) atoms. The fraction of sp³-hybridized carbons (Fsp3) is 0.273. The van der Waals surface area contributed by atoms with Crippen molar-refractivity contribution < 1.29 is 9.53 Å². The maximum Gasteiger partial charge on any atom is 0.251 e. The van der Waals surface area contributed by atoms with Gasteiger partial charge in [-0.3, -0.25) is 9.89 Å². The minimum Gasteiger partial charge on any atom is -0.497 e. The first kappa shape index (κ1) is 19.3. The summed E-state index contributed by atoms with van der Waals surface area (Å²) in [4.78, 5) is 14.9. The molecule has 1 unspecified atom stereocenters. The van der Waals surface area contributed by atoms with Gasteiger partial charge in [0.1, 0.15) is 5.75 Å². The van der Waals surface area contributed by atoms with E-state index >= 15 is 0 Å². The second-order valence-corrected chi connectivity index (χ2v) is 7.67. The number of benzene rings is 2. The molecule has 1 atom stereocenters. The van der Waals surface area contributed by atoms with E-state index in [9.17, 15) is 4.79 Å². The molecule has 3 aromatic rings. The Morgan fingerprint density at radius 1 is 1.24 bits per heavy atom. The molecule has 2 N–H and O–H groups in total. The smallest absolute Gasteiger partial charge is 0.251 e. The molecule has 6 nitrogen and oxygen atoms in total. The van der Waals surface area contributed by atoms with E-state index in [0.29, 0.717) is 10.6 Å². The van der Waals surface area contributed by atoms with Crippen molar-refractivity contribution in [1.29, 1.82) is 0 Å². The Hall–Kier alpha value is -2.99. The molecule has 2 heterocycles. The van der Waals surface area contributed by atoms with Gasteiger partial charge >= 0.3 is 0 Å². The number of aromatic nitrogens is 2. The summed E-state index contributed by atoms with van der Waals surface area (Å²) in [5.74, 6) is 1.58. The van der Waals surface area contributed by atoms with Crippen molar-refractivity contribution in [3.63, 3.8) is 0 Å². The highest BCUT2D eigenvalue weighted by atomic mass is 35.5. The number of aromatic amines is 1. The number of rotatable bonds is 5. The van der Waals surface area contributed by atoms with Crippen LogP contribution >= 0.6 is 11.6 Å².